The Morgan fingerprint density at radius 2 is 2.07 bits per heavy atom. The number of nitrogens with zero attached hydrogens (tertiary/aromatic N) is 2. The maximum absolute atomic E-state index is 10.4. The molecule has 1 aromatic rings. The molecule has 0 radical (unpaired) electrons. The number of rotatable bonds is 4. The lowest BCUT2D eigenvalue weighted by Crippen LogP contribution is -1.97. The van der Waals surface area contributed by atoms with Gasteiger partial charge in [-0.2, -0.15) is 0 Å². The summed E-state index contributed by atoms with van der Waals surface area (Å²) < 4.78 is 0. The molecule has 0 fully saturated rings. The fraction of sp³-hybridized carbons (Fsp3) is 0.300. The summed E-state index contributed by atoms with van der Waals surface area (Å²) in [6.45, 7) is 4.13. The first-order chi connectivity index (χ1) is 7.15. The van der Waals surface area contributed by atoms with Crippen LogP contribution in [0.1, 0.15) is 19.4 Å². The SMILES string of the molecule is CCO/N=C(\C)c1ccc([N+](=O)[O-])cc1. The molecule has 0 unspecified atom stereocenters. The molecule has 15 heavy (non-hydrogen) atoms. The number of non-ortho nitro benzene ring substituents is 1. The minimum Gasteiger partial charge on any atom is -0.396 e. The maximum atomic E-state index is 10.4. The number of oxime groups is 1. The Labute approximate surface area is 87.5 Å². The van der Waals surface area contributed by atoms with Gasteiger partial charge in [-0.1, -0.05) is 5.16 Å². The number of benzene rings is 1. The summed E-state index contributed by atoms with van der Waals surface area (Å²) in [5, 5.41) is 14.2. The molecule has 0 atom stereocenters. The Bertz CT molecular complexity index is 371. The molecule has 0 spiro atoms. The van der Waals surface area contributed by atoms with E-state index in [2.05, 4.69) is 5.16 Å². The Hall–Kier alpha value is -1.91. The fourth-order valence-electron chi connectivity index (χ4n) is 1.04. The Morgan fingerprint density at radius 1 is 1.47 bits per heavy atom. The molecule has 0 N–H and O–H groups in total. The summed E-state index contributed by atoms with van der Waals surface area (Å²) in [6, 6.07) is 6.19. The third-order valence-corrected chi connectivity index (χ3v) is 1.83. The van der Waals surface area contributed by atoms with Crippen LogP contribution in [-0.2, 0) is 4.84 Å². The van der Waals surface area contributed by atoms with Crippen molar-refractivity contribution in [3.63, 3.8) is 0 Å². The second-order valence-electron chi connectivity index (χ2n) is 2.90. The predicted molar refractivity (Wildman–Crippen MR) is 56.9 cm³/mol. The van der Waals surface area contributed by atoms with Gasteiger partial charge in [-0.05, 0) is 31.5 Å². The normalized spacial score (nSPS) is 11.2. The van der Waals surface area contributed by atoms with Crippen LogP contribution in [-0.4, -0.2) is 17.2 Å². The molecule has 5 heteroatoms. The zero-order valence-electron chi connectivity index (χ0n) is 8.64. The monoisotopic (exact) mass is 208 g/mol. The van der Waals surface area contributed by atoms with Crippen molar-refractivity contribution in [2.45, 2.75) is 13.8 Å². The number of nitro groups is 1. The highest BCUT2D eigenvalue weighted by Crippen LogP contribution is 2.12. The van der Waals surface area contributed by atoms with Crippen LogP contribution < -0.4 is 0 Å². The van der Waals surface area contributed by atoms with Crippen molar-refractivity contribution < 1.29 is 9.76 Å². The van der Waals surface area contributed by atoms with Crippen molar-refractivity contribution in [1.29, 1.82) is 0 Å². The highest BCUT2D eigenvalue weighted by Gasteiger charge is 2.05. The summed E-state index contributed by atoms with van der Waals surface area (Å²) in [7, 11) is 0. The minimum atomic E-state index is -0.432. The molecule has 1 rings (SSSR count). The summed E-state index contributed by atoms with van der Waals surface area (Å²) >= 11 is 0. The van der Waals surface area contributed by atoms with E-state index in [4.69, 9.17) is 4.84 Å². The van der Waals surface area contributed by atoms with Crippen LogP contribution >= 0.6 is 0 Å². The largest absolute Gasteiger partial charge is 0.396 e. The van der Waals surface area contributed by atoms with Crippen LogP contribution in [0.2, 0.25) is 0 Å². The van der Waals surface area contributed by atoms with Crippen molar-refractivity contribution in [3.05, 3.63) is 39.9 Å². The summed E-state index contributed by atoms with van der Waals surface area (Å²) in [6.07, 6.45) is 0. The van der Waals surface area contributed by atoms with Crippen molar-refractivity contribution in [2.24, 2.45) is 5.16 Å². The van der Waals surface area contributed by atoms with Crippen molar-refractivity contribution in [3.8, 4) is 0 Å². The standard InChI is InChI=1S/C10H12N2O3/c1-3-15-11-8(2)9-4-6-10(7-5-9)12(13)14/h4-7H,3H2,1-2H3/b11-8+. The Balaban J connectivity index is 2.84. The van der Waals surface area contributed by atoms with Crippen LogP contribution in [0.5, 0.6) is 0 Å². The Morgan fingerprint density at radius 3 is 2.53 bits per heavy atom. The molecule has 0 bridgehead atoms. The smallest absolute Gasteiger partial charge is 0.269 e. The van der Waals surface area contributed by atoms with E-state index in [9.17, 15) is 10.1 Å². The molecule has 0 aliphatic rings. The molecule has 1 aromatic carbocycles. The Kier molecular flexibility index (Phi) is 3.79. The number of hydrogen-bond acceptors (Lipinski definition) is 4. The van der Waals surface area contributed by atoms with Crippen molar-refractivity contribution in [1.82, 2.24) is 0 Å². The van der Waals surface area contributed by atoms with E-state index in [1.165, 1.54) is 12.1 Å². The average Bonchev–Trinajstić information content (AvgIpc) is 2.26. The molecule has 0 aromatic heterocycles. The minimum absolute atomic E-state index is 0.0722. The highest BCUT2D eigenvalue weighted by atomic mass is 16.6. The van der Waals surface area contributed by atoms with Crippen LogP contribution in [0.25, 0.3) is 0 Å². The van der Waals surface area contributed by atoms with Crippen molar-refractivity contribution in [2.75, 3.05) is 6.61 Å². The van der Waals surface area contributed by atoms with Crippen LogP contribution in [0.15, 0.2) is 29.4 Å². The third kappa shape index (κ3) is 3.05. The third-order valence-electron chi connectivity index (χ3n) is 1.83. The molecular weight excluding hydrogens is 196 g/mol. The fourth-order valence-corrected chi connectivity index (χ4v) is 1.04. The molecule has 80 valence electrons. The molecule has 0 aliphatic heterocycles. The van der Waals surface area contributed by atoms with Crippen molar-refractivity contribution >= 4 is 11.4 Å². The lowest BCUT2D eigenvalue weighted by atomic mass is 10.1. The van der Waals surface area contributed by atoms with Gasteiger partial charge in [0, 0.05) is 12.1 Å². The van der Waals surface area contributed by atoms with Crippen LogP contribution in [0.4, 0.5) is 5.69 Å². The molecule has 0 heterocycles. The maximum Gasteiger partial charge on any atom is 0.269 e. The van der Waals surface area contributed by atoms with E-state index in [0.717, 1.165) is 5.56 Å². The van der Waals surface area contributed by atoms with E-state index >= 15 is 0 Å². The van der Waals surface area contributed by atoms with Gasteiger partial charge in [-0.3, -0.25) is 10.1 Å². The van der Waals surface area contributed by atoms with E-state index < -0.39 is 4.92 Å². The first-order valence-electron chi connectivity index (χ1n) is 4.56. The van der Waals surface area contributed by atoms with E-state index in [0.29, 0.717) is 12.3 Å². The lowest BCUT2D eigenvalue weighted by Gasteiger charge is -1.99. The van der Waals surface area contributed by atoms with Gasteiger partial charge in [0.15, 0.2) is 0 Å². The van der Waals surface area contributed by atoms with Gasteiger partial charge in [0.1, 0.15) is 6.61 Å². The summed E-state index contributed by atoms with van der Waals surface area (Å²) in [5.74, 6) is 0. The van der Waals surface area contributed by atoms with Gasteiger partial charge < -0.3 is 4.84 Å². The van der Waals surface area contributed by atoms with Gasteiger partial charge in [0.25, 0.3) is 5.69 Å². The van der Waals surface area contributed by atoms with Gasteiger partial charge in [-0.25, -0.2) is 0 Å². The topological polar surface area (TPSA) is 64.7 Å². The average molecular weight is 208 g/mol. The quantitative estimate of drug-likeness (QED) is 0.433. The molecule has 0 saturated carbocycles. The van der Waals surface area contributed by atoms with E-state index in [-0.39, 0.29) is 5.69 Å². The number of hydrogen-bond donors (Lipinski definition) is 0. The number of nitro benzene ring substituents is 1. The second-order valence-corrected chi connectivity index (χ2v) is 2.90. The van der Waals surface area contributed by atoms with Crippen LogP contribution in [0.3, 0.4) is 0 Å². The molecule has 0 saturated heterocycles. The van der Waals surface area contributed by atoms with Gasteiger partial charge >= 0.3 is 0 Å². The highest BCUT2D eigenvalue weighted by molar-refractivity contribution is 5.98. The van der Waals surface area contributed by atoms with Gasteiger partial charge in [-0.15, -0.1) is 0 Å². The first-order valence-corrected chi connectivity index (χ1v) is 4.56. The predicted octanol–water partition coefficient (Wildman–Crippen LogP) is 2.36. The second kappa shape index (κ2) is 5.09. The summed E-state index contributed by atoms with van der Waals surface area (Å²) in [4.78, 5) is 14.9. The first kappa shape index (κ1) is 11.2. The molecule has 0 aliphatic carbocycles. The zero-order valence-corrected chi connectivity index (χ0v) is 8.64. The zero-order chi connectivity index (χ0) is 11.3. The van der Waals surface area contributed by atoms with E-state index in [1.807, 2.05) is 6.92 Å². The summed E-state index contributed by atoms with van der Waals surface area (Å²) in [5.41, 5.74) is 1.59. The van der Waals surface area contributed by atoms with Gasteiger partial charge in [0.05, 0.1) is 10.6 Å². The van der Waals surface area contributed by atoms with E-state index in [1.54, 1.807) is 19.1 Å². The van der Waals surface area contributed by atoms with Gasteiger partial charge in [0.2, 0.25) is 0 Å². The van der Waals surface area contributed by atoms with Crippen LogP contribution in [0, 0.1) is 10.1 Å². The molecule has 5 nitrogen and oxygen atoms in total. The molecular formula is C10H12N2O3. The lowest BCUT2D eigenvalue weighted by molar-refractivity contribution is -0.384. The molecule has 0 amide bonds.